The molecule has 0 spiro atoms. The molecule has 0 aliphatic carbocycles. The van der Waals surface area contributed by atoms with Crippen LogP contribution >= 0.6 is 0 Å². The molecule has 0 saturated carbocycles. The number of ether oxygens (including phenoxy) is 3. The molecule has 3 unspecified atom stereocenters. The number of alkyl halides is 1. The molecule has 3 atom stereocenters. The summed E-state index contributed by atoms with van der Waals surface area (Å²) in [5.41, 5.74) is 1.45. The number of hydrogen-bond acceptors (Lipinski definition) is 9. The number of hydrogen-bond donors (Lipinski definition) is 2. The lowest BCUT2D eigenvalue weighted by atomic mass is 10.0. The molecule has 186 valence electrons. The van der Waals surface area contributed by atoms with Crippen molar-refractivity contribution in [1.29, 1.82) is 0 Å². The van der Waals surface area contributed by atoms with Crippen LogP contribution in [0.4, 0.5) is 8.78 Å². The monoisotopic (exact) mass is 487 g/mol. The van der Waals surface area contributed by atoms with Gasteiger partial charge < -0.3 is 24.6 Å². The number of methoxy groups -OCH3 is 1. The van der Waals surface area contributed by atoms with Crippen LogP contribution in [0.15, 0.2) is 30.6 Å². The van der Waals surface area contributed by atoms with E-state index in [0.29, 0.717) is 55.6 Å². The van der Waals surface area contributed by atoms with Gasteiger partial charge in [-0.25, -0.2) is 13.8 Å². The van der Waals surface area contributed by atoms with Crippen molar-refractivity contribution >= 4 is 11.0 Å². The Morgan fingerprint density at radius 3 is 2.86 bits per heavy atom. The zero-order chi connectivity index (χ0) is 24.4. The molecule has 2 N–H and O–H groups in total. The van der Waals surface area contributed by atoms with Gasteiger partial charge in [0.05, 0.1) is 36.8 Å². The van der Waals surface area contributed by atoms with Crippen LogP contribution in [0.3, 0.4) is 0 Å². The van der Waals surface area contributed by atoms with E-state index in [0.717, 1.165) is 11.9 Å². The highest BCUT2D eigenvalue weighted by atomic mass is 19.1. The summed E-state index contributed by atoms with van der Waals surface area (Å²) in [4.78, 5) is 14.4. The maximum absolute atomic E-state index is 15.0. The third-order valence-electron chi connectivity index (χ3n) is 6.31. The van der Waals surface area contributed by atoms with E-state index in [1.807, 2.05) is 0 Å². The fourth-order valence-corrected chi connectivity index (χ4v) is 4.50. The van der Waals surface area contributed by atoms with E-state index in [1.165, 1.54) is 7.11 Å². The van der Waals surface area contributed by atoms with Crippen LogP contribution in [-0.2, 0) is 6.54 Å². The number of fused-ring (bicyclic) bond motifs is 2. The maximum Gasteiger partial charge on any atom is 0.213 e. The van der Waals surface area contributed by atoms with Crippen LogP contribution in [0.1, 0.15) is 23.8 Å². The minimum atomic E-state index is -1.20. The van der Waals surface area contributed by atoms with E-state index < -0.39 is 18.1 Å². The number of nitrogens with one attached hydrogen (secondary N) is 1. The van der Waals surface area contributed by atoms with Crippen molar-refractivity contribution in [1.82, 2.24) is 25.2 Å². The Kier molecular flexibility index (Phi) is 6.89. The summed E-state index contributed by atoms with van der Waals surface area (Å²) >= 11 is 0. The quantitative estimate of drug-likeness (QED) is 0.519. The van der Waals surface area contributed by atoms with Gasteiger partial charge >= 0.3 is 0 Å². The molecule has 0 bridgehead atoms. The van der Waals surface area contributed by atoms with Crippen molar-refractivity contribution in [3.8, 4) is 17.4 Å². The van der Waals surface area contributed by atoms with E-state index in [4.69, 9.17) is 14.2 Å². The Hall–Kier alpha value is -3.15. The van der Waals surface area contributed by atoms with Gasteiger partial charge in [-0.15, -0.1) is 0 Å². The van der Waals surface area contributed by atoms with Crippen LogP contribution in [-0.4, -0.2) is 77.1 Å². The predicted molar refractivity (Wildman–Crippen MR) is 123 cm³/mol. The first-order valence-electron chi connectivity index (χ1n) is 11.5. The summed E-state index contributed by atoms with van der Waals surface area (Å²) in [6, 6.07) is 4.72. The summed E-state index contributed by atoms with van der Waals surface area (Å²) in [6.45, 7) is 2.12. The zero-order valence-corrected chi connectivity index (χ0v) is 19.3. The average molecular weight is 488 g/mol. The van der Waals surface area contributed by atoms with E-state index in [9.17, 15) is 13.9 Å². The standard InChI is InChI=1S/C24H27F2N5O4/c1-33-22-3-2-18-24(30-22)23(15(25)10-29-18)19(32)13-31-5-4-17(16(26)12-31)28-9-14-8-20-21(11-27-14)35-7-6-34-20/h2-3,8,10-11,16-17,19,28,32H,4-7,9,12-13H2,1H3. The van der Waals surface area contributed by atoms with Gasteiger partial charge in [-0.1, -0.05) is 0 Å². The van der Waals surface area contributed by atoms with Crippen molar-refractivity contribution in [2.45, 2.75) is 31.3 Å². The number of β-amino-alcohol motifs (C(OH)–C–C–N with tert-alkyl or cyclic N) is 1. The van der Waals surface area contributed by atoms with E-state index in [2.05, 4.69) is 20.3 Å². The largest absolute Gasteiger partial charge is 0.486 e. The minimum Gasteiger partial charge on any atom is -0.486 e. The number of nitrogens with zero attached hydrogens (tertiary/aromatic N) is 4. The normalized spacial score (nSPS) is 21.1. The Bertz CT molecular complexity index is 1200. The molecule has 3 aromatic heterocycles. The molecule has 1 fully saturated rings. The first-order valence-corrected chi connectivity index (χ1v) is 11.5. The highest BCUT2D eigenvalue weighted by Gasteiger charge is 2.31. The fourth-order valence-electron chi connectivity index (χ4n) is 4.50. The maximum atomic E-state index is 15.0. The number of piperidine rings is 1. The van der Waals surface area contributed by atoms with E-state index >= 15 is 0 Å². The Morgan fingerprint density at radius 1 is 1.23 bits per heavy atom. The zero-order valence-electron chi connectivity index (χ0n) is 19.3. The van der Waals surface area contributed by atoms with Gasteiger partial charge in [0.2, 0.25) is 5.88 Å². The summed E-state index contributed by atoms with van der Waals surface area (Å²) in [7, 11) is 1.46. The number of rotatable bonds is 7. The molecule has 0 aromatic carbocycles. The molecule has 9 nitrogen and oxygen atoms in total. The second-order valence-electron chi connectivity index (χ2n) is 8.63. The van der Waals surface area contributed by atoms with E-state index in [-0.39, 0.29) is 30.2 Å². The lowest BCUT2D eigenvalue weighted by Gasteiger charge is -2.36. The van der Waals surface area contributed by atoms with Crippen LogP contribution in [0.5, 0.6) is 17.4 Å². The van der Waals surface area contributed by atoms with Gasteiger partial charge in [0.25, 0.3) is 0 Å². The Labute approximate surface area is 201 Å². The van der Waals surface area contributed by atoms with Gasteiger partial charge in [-0.05, 0) is 19.0 Å². The number of aromatic nitrogens is 3. The molecule has 5 rings (SSSR count). The number of pyridine rings is 3. The third kappa shape index (κ3) is 5.12. The summed E-state index contributed by atoms with van der Waals surface area (Å²) in [5, 5.41) is 14.1. The highest BCUT2D eigenvalue weighted by molar-refractivity contribution is 5.78. The van der Waals surface area contributed by atoms with Crippen molar-refractivity contribution < 1.29 is 28.1 Å². The first-order chi connectivity index (χ1) is 17.0. The molecule has 2 aliphatic heterocycles. The van der Waals surface area contributed by atoms with Crippen LogP contribution < -0.4 is 19.5 Å². The van der Waals surface area contributed by atoms with Crippen molar-refractivity contribution in [2.24, 2.45) is 0 Å². The Balaban J connectivity index is 1.20. The Morgan fingerprint density at radius 2 is 2.06 bits per heavy atom. The number of aliphatic hydroxyl groups excluding tert-OH is 1. The topological polar surface area (TPSA) is 102 Å². The van der Waals surface area contributed by atoms with Crippen molar-refractivity contribution in [3.63, 3.8) is 0 Å². The lowest BCUT2D eigenvalue weighted by molar-refractivity contribution is 0.0557. The molecule has 1 saturated heterocycles. The van der Waals surface area contributed by atoms with Gasteiger partial charge in [0.15, 0.2) is 11.5 Å². The second kappa shape index (κ2) is 10.2. The highest BCUT2D eigenvalue weighted by Crippen LogP contribution is 2.30. The van der Waals surface area contributed by atoms with Crippen LogP contribution in [0, 0.1) is 5.82 Å². The summed E-state index contributed by atoms with van der Waals surface area (Å²) in [6.07, 6.45) is 0.859. The van der Waals surface area contributed by atoms with Gasteiger partial charge in [0, 0.05) is 43.4 Å². The van der Waals surface area contributed by atoms with Crippen LogP contribution in [0.25, 0.3) is 11.0 Å². The molecule has 5 heterocycles. The molecule has 11 heteroatoms. The molecule has 0 radical (unpaired) electrons. The van der Waals surface area contributed by atoms with Crippen molar-refractivity contribution in [3.05, 3.63) is 47.7 Å². The minimum absolute atomic E-state index is 0.0363. The molecular weight excluding hydrogens is 460 g/mol. The average Bonchev–Trinajstić information content (AvgIpc) is 2.87. The number of aliphatic hydroxyl groups is 1. The molecule has 35 heavy (non-hydrogen) atoms. The van der Waals surface area contributed by atoms with Crippen molar-refractivity contribution in [2.75, 3.05) is 40.0 Å². The summed E-state index contributed by atoms with van der Waals surface area (Å²) < 4.78 is 45.8. The summed E-state index contributed by atoms with van der Waals surface area (Å²) in [5.74, 6) is 0.890. The SMILES string of the molecule is COc1ccc2ncc(F)c(C(O)CN3CCC(NCc4cc5c(cn4)OCCO5)C(F)C3)c2n1. The van der Waals surface area contributed by atoms with Gasteiger partial charge in [0.1, 0.15) is 30.7 Å². The molecular formula is C24H27F2N5O4. The number of likely N-dealkylation sites (tertiary alicyclic amines) is 1. The van der Waals surface area contributed by atoms with Gasteiger partial charge in [-0.3, -0.25) is 14.9 Å². The third-order valence-corrected chi connectivity index (χ3v) is 6.31. The first kappa shape index (κ1) is 23.6. The smallest absolute Gasteiger partial charge is 0.213 e. The molecule has 2 aliphatic rings. The predicted octanol–water partition coefficient (Wildman–Crippen LogP) is 2.18. The van der Waals surface area contributed by atoms with E-state index in [1.54, 1.807) is 29.3 Å². The number of halogens is 2. The molecule has 0 amide bonds. The van der Waals surface area contributed by atoms with Gasteiger partial charge in [-0.2, -0.15) is 0 Å². The van der Waals surface area contributed by atoms with Crippen LogP contribution in [0.2, 0.25) is 0 Å². The fraction of sp³-hybridized carbons (Fsp3) is 0.458. The molecule has 3 aromatic rings. The second-order valence-corrected chi connectivity index (χ2v) is 8.63. The lowest BCUT2D eigenvalue weighted by Crippen LogP contribution is -2.51.